The summed E-state index contributed by atoms with van der Waals surface area (Å²) >= 11 is 0. The number of likely N-dealkylation sites (tertiary alicyclic amines) is 1. The van der Waals surface area contributed by atoms with Gasteiger partial charge in [0.2, 0.25) is 0 Å². The lowest BCUT2D eigenvalue weighted by Gasteiger charge is -2.24. The standard InChI is InChI=1S/C17H26N2O2.ClH/c1-17(2,16(20)21-3)9-10-19-11-14(15(18)12-19)13-7-5-4-6-8-13;/h4-8,14-15H,9-12,18H2,1-3H3;1H/t14-,15+;/m0./s1. The van der Waals surface area contributed by atoms with Gasteiger partial charge in [-0.2, -0.15) is 0 Å². The Labute approximate surface area is 139 Å². The molecule has 2 rings (SSSR count). The van der Waals surface area contributed by atoms with E-state index in [-0.39, 0.29) is 24.4 Å². The van der Waals surface area contributed by atoms with E-state index in [1.54, 1.807) is 0 Å². The Balaban J connectivity index is 0.00000242. The van der Waals surface area contributed by atoms with Crippen LogP contribution in [0.1, 0.15) is 31.7 Å². The molecule has 1 fully saturated rings. The van der Waals surface area contributed by atoms with E-state index in [1.807, 2.05) is 19.9 Å². The fraction of sp³-hybridized carbons (Fsp3) is 0.588. The molecule has 0 radical (unpaired) electrons. The smallest absolute Gasteiger partial charge is 0.311 e. The van der Waals surface area contributed by atoms with Crippen LogP contribution in [0, 0.1) is 5.41 Å². The van der Waals surface area contributed by atoms with Crippen molar-refractivity contribution in [1.82, 2.24) is 4.90 Å². The number of nitrogens with two attached hydrogens (primary N) is 1. The Hall–Kier alpha value is -1.10. The number of carbonyl (C=O) groups excluding carboxylic acids is 1. The van der Waals surface area contributed by atoms with Crippen molar-refractivity contribution in [1.29, 1.82) is 0 Å². The lowest BCUT2D eigenvalue weighted by atomic mass is 9.89. The van der Waals surface area contributed by atoms with Gasteiger partial charge >= 0.3 is 5.97 Å². The summed E-state index contributed by atoms with van der Waals surface area (Å²) in [4.78, 5) is 14.1. The Bertz CT molecular complexity index is 479. The maximum Gasteiger partial charge on any atom is 0.311 e. The highest BCUT2D eigenvalue weighted by Gasteiger charge is 2.34. The van der Waals surface area contributed by atoms with E-state index < -0.39 is 5.41 Å². The molecule has 0 aromatic heterocycles. The molecule has 1 saturated heterocycles. The number of benzene rings is 1. The van der Waals surface area contributed by atoms with Gasteiger partial charge in [0.25, 0.3) is 0 Å². The molecular formula is C17H27ClN2O2. The highest BCUT2D eigenvalue weighted by molar-refractivity contribution is 5.85. The van der Waals surface area contributed by atoms with Gasteiger partial charge in [-0.1, -0.05) is 30.3 Å². The van der Waals surface area contributed by atoms with E-state index in [0.717, 1.165) is 26.1 Å². The van der Waals surface area contributed by atoms with Gasteiger partial charge in [-0.3, -0.25) is 4.79 Å². The first-order chi connectivity index (χ1) is 9.94. The quantitative estimate of drug-likeness (QED) is 0.844. The van der Waals surface area contributed by atoms with Gasteiger partial charge in [-0.15, -0.1) is 12.4 Å². The monoisotopic (exact) mass is 326 g/mol. The first kappa shape index (κ1) is 18.9. The van der Waals surface area contributed by atoms with E-state index in [0.29, 0.717) is 5.92 Å². The molecular weight excluding hydrogens is 300 g/mol. The van der Waals surface area contributed by atoms with E-state index in [1.165, 1.54) is 12.7 Å². The van der Waals surface area contributed by atoms with Crippen LogP contribution in [0.5, 0.6) is 0 Å². The number of carbonyl (C=O) groups is 1. The fourth-order valence-electron chi connectivity index (χ4n) is 2.96. The number of hydrogen-bond acceptors (Lipinski definition) is 4. The van der Waals surface area contributed by atoms with Crippen molar-refractivity contribution in [2.75, 3.05) is 26.7 Å². The molecule has 1 aliphatic rings. The van der Waals surface area contributed by atoms with Crippen molar-refractivity contribution in [3.8, 4) is 0 Å². The van der Waals surface area contributed by atoms with Crippen molar-refractivity contribution < 1.29 is 9.53 Å². The Morgan fingerprint density at radius 1 is 1.32 bits per heavy atom. The summed E-state index contributed by atoms with van der Waals surface area (Å²) in [5.41, 5.74) is 7.16. The molecule has 5 heteroatoms. The molecule has 2 N–H and O–H groups in total. The van der Waals surface area contributed by atoms with Crippen LogP contribution in [0.4, 0.5) is 0 Å². The number of esters is 1. The van der Waals surface area contributed by atoms with Crippen molar-refractivity contribution in [3.63, 3.8) is 0 Å². The topological polar surface area (TPSA) is 55.6 Å². The van der Waals surface area contributed by atoms with Gasteiger partial charge < -0.3 is 15.4 Å². The van der Waals surface area contributed by atoms with Crippen molar-refractivity contribution in [3.05, 3.63) is 35.9 Å². The third kappa shape index (κ3) is 4.45. The van der Waals surface area contributed by atoms with Gasteiger partial charge in [0.05, 0.1) is 12.5 Å². The molecule has 1 aromatic carbocycles. The van der Waals surface area contributed by atoms with E-state index in [9.17, 15) is 4.79 Å². The third-order valence-corrected chi connectivity index (χ3v) is 4.46. The van der Waals surface area contributed by atoms with Crippen LogP contribution in [0.2, 0.25) is 0 Å². The molecule has 0 bridgehead atoms. The van der Waals surface area contributed by atoms with Crippen LogP contribution >= 0.6 is 12.4 Å². The highest BCUT2D eigenvalue weighted by atomic mass is 35.5. The minimum Gasteiger partial charge on any atom is -0.469 e. The van der Waals surface area contributed by atoms with Gasteiger partial charge in [-0.05, 0) is 32.4 Å². The van der Waals surface area contributed by atoms with Crippen LogP contribution in [0.25, 0.3) is 0 Å². The molecule has 0 unspecified atom stereocenters. The molecule has 124 valence electrons. The summed E-state index contributed by atoms with van der Waals surface area (Å²) in [6.45, 7) is 6.59. The summed E-state index contributed by atoms with van der Waals surface area (Å²) in [6.07, 6.45) is 0.786. The number of ether oxygens (including phenoxy) is 1. The summed E-state index contributed by atoms with van der Waals surface area (Å²) < 4.78 is 4.86. The zero-order chi connectivity index (χ0) is 15.5. The van der Waals surface area contributed by atoms with Gasteiger partial charge in [0, 0.05) is 25.0 Å². The summed E-state index contributed by atoms with van der Waals surface area (Å²) in [6, 6.07) is 10.6. The Kier molecular flexibility index (Phi) is 6.85. The second-order valence-corrected chi connectivity index (χ2v) is 6.57. The average molecular weight is 327 g/mol. The second-order valence-electron chi connectivity index (χ2n) is 6.57. The summed E-state index contributed by atoms with van der Waals surface area (Å²) in [5.74, 6) is 0.234. The normalized spacial score (nSPS) is 22.2. The minimum absolute atomic E-state index is 0. The SMILES string of the molecule is COC(=O)C(C)(C)CCN1C[C@@H](N)[C@H](c2ccccc2)C1.Cl. The lowest BCUT2D eigenvalue weighted by molar-refractivity contribution is -0.151. The maximum atomic E-state index is 11.7. The van der Waals surface area contributed by atoms with Gasteiger partial charge in [0.15, 0.2) is 0 Å². The van der Waals surface area contributed by atoms with Crippen LogP contribution in [-0.4, -0.2) is 43.7 Å². The first-order valence-corrected chi connectivity index (χ1v) is 7.55. The number of halogens is 1. The number of hydrogen-bond donors (Lipinski definition) is 1. The number of nitrogens with zero attached hydrogens (tertiary/aromatic N) is 1. The van der Waals surface area contributed by atoms with Gasteiger partial charge in [-0.25, -0.2) is 0 Å². The van der Waals surface area contributed by atoms with E-state index in [4.69, 9.17) is 10.5 Å². The van der Waals surface area contributed by atoms with E-state index >= 15 is 0 Å². The molecule has 0 saturated carbocycles. The predicted molar refractivity (Wildman–Crippen MR) is 91.3 cm³/mol. The molecule has 1 heterocycles. The largest absolute Gasteiger partial charge is 0.469 e. The van der Waals surface area contributed by atoms with Crippen molar-refractivity contribution in [2.45, 2.75) is 32.2 Å². The molecule has 0 spiro atoms. The molecule has 1 aliphatic heterocycles. The van der Waals surface area contributed by atoms with Crippen LogP contribution in [0.3, 0.4) is 0 Å². The van der Waals surface area contributed by atoms with E-state index in [2.05, 4.69) is 29.2 Å². The first-order valence-electron chi connectivity index (χ1n) is 7.55. The number of rotatable bonds is 5. The Morgan fingerprint density at radius 3 is 2.55 bits per heavy atom. The summed E-state index contributed by atoms with van der Waals surface area (Å²) in [5, 5.41) is 0. The highest BCUT2D eigenvalue weighted by Crippen LogP contribution is 2.28. The molecule has 22 heavy (non-hydrogen) atoms. The zero-order valence-electron chi connectivity index (χ0n) is 13.6. The fourth-order valence-corrected chi connectivity index (χ4v) is 2.96. The van der Waals surface area contributed by atoms with Crippen molar-refractivity contribution >= 4 is 18.4 Å². The third-order valence-electron chi connectivity index (χ3n) is 4.46. The maximum absolute atomic E-state index is 11.7. The van der Waals surface area contributed by atoms with Crippen LogP contribution in [0.15, 0.2) is 30.3 Å². The lowest BCUT2D eigenvalue weighted by Crippen LogP contribution is -2.33. The van der Waals surface area contributed by atoms with Crippen LogP contribution in [-0.2, 0) is 9.53 Å². The Morgan fingerprint density at radius 2 is 1.95 bits per heavy atom. The molecule has 1 aromatic rings. The molecule has 4 nitrogen and oxygen atoms in total. The molecule has 2 atom stereocenters. The number of methoxy groups -OCH3 is 1. The molecule has 0 amide bonds. The summed E-state index contributed by atoms with van der Waals surface area (Å²) in [7, 11) is 1.45. The average Bonchev–Trinajstić information content (AvgIpc) is 2.86. The van der Waals surface area contributed by atoms with Gasteiger partial charge in [0.1, 0.15) is 0 Å². The van der Waals surface area contributed by atoms with Crippen LogP contribution < -0.4 is 5.73 Å². The van der Waals surface area contributed by atoms with Crippen molar-refractivity contribution in [2.24, 2.45) is 11.1 Å². The predicted octanol–water partition coefficient (Wildman–Crippen LogP) is 2.42. The minimum atomic E-state index is -0.441. The zero-order valence-corrected chi connectivity index (χ0v) is 14.4. The molecule has 0 aliphatic carbocycles. The second kappa shape index (κ2) is 7.95.